The molecule has 0 aromatic heterocycles. The zero-order chi connectivity index (χ0) is 17.6. The number of amidine groups is 1. The van der Waals surface area contributed by atoms with E-state index in [1.54, 1.807) is 42.1 Å². The second-order valence-corrected chi connectivity index (χ2v) is 7.30. The van der Waals surface area contributed by atoms with Crippen LogP contribution in [0.25, 0.3) is 6.08 Å². The van der Waals surface area contributed by atoms with Gasteiger partial charge in [-0.2, -0.15) is 0 Å². The first-order valence-electron chi connectivity index (χ1n) is 7.84. The summed E-state index contributed by atoms with van der Waals surface area (Å²) in [6, 6.07) is 12.7. The average molecular weight is 391 g/mol. The first-order chi connectivity index (χ1) is 12.1. The molecule has 0 spiro atoms. The Bertz CT molecular complexity index is 832. The summed E-state index contributed by atoms with van der Waals surface area (Å²) in [6.45, 7) is 0.864. The van der Waals surface area contributed by atoms with Crippen molar-refractivity contribution in [3.05, 3.63) is 69.7 Å². The molecule has 1 heterocycles. The van der Waals surface area contributed by atoms with Crippen LogP contribution in [0.4, 0.5) is 5.69 Å². The fourth-order valence-corrected chi connectivity index (χ4v) is 3.50. The normalized spacial score (nSPS) is 14.4. The molecule has 25 heavy (non-hydrogen) atoms. The lowest BCUT2D eigenvalue weighted by Crippen LogP contribution is -2.13. The van der Waals surface area contributed by atoms with E-state index in [9.17, 15) is 4.79 Å². The quantitative estimate of drug-likeness (QED) is 0.530. The van der Waals surface area contributed by atoms with Gasteiger partial charge in [-0.1, -0.05) is 47.1 Å². The summed E-state index contributed by atoms with van der Waals surface area (Å²) in [5, 5.41) is 5.11. The van der Waals surface area contributed by atoms with Crippen LogP contribution in [0.2, 0.25) is 10.0 Å². The maximum absolute atomic E-state index is 12.3. The molecular weight excluding hydrogens is 375 g/mol. The number of anilines is 1. The van der Waals surface area contributed by atoms with Crippen molar-refractivity contribution in [2.75, 3.05) is 17.6 Å². The molecule has 2 aromatic carbocycles. The summed E-state index contributed by atoms with van der Waals surface area (Å²) < 4.78 is 0. The highest BCUT2D eigenvalue weighted by Gasteiger charge is 2.07. The molecule has 128 valence electrons. The molecule has 0 amide bonds. The van der Waals surface area contributed by atoms with E-state index >= 15 is 0 Å². The van der Waals surface area contributed by atoms with Crippen LogP contribution in [0, 0.1) is 0 Å². The van der Waals surface area contributed by atoms with Crippen molar-refractivity contribution in [2.45, 2.75) is 6.42 Å². The number of aliphatic imine (C=N–C) groups is 1. The summed E-state index contributed by atoms with van der Waals surface area (Å²) in [6.07, 6.45) is 4.30. The van der Waals surface area contributed by atoms with Crippen molar-refractivity contribution in [1.29, 1.82) is 0 Å². The van der Waals surface area contributed by atoms with Crippen LogP contribution >= 0.6 is 35.0 Å². The van der Waals surface area contributed by atoms with Gasteiger partial charge in [-0.15, -0.1) is 0 Å². The molecule has 1 aliphatic heterocycles. The molecule has 0 saturated carbocycles. The number of nitrogens with one attached hydrogen (secondary N) is 1. The molecule has 0 aliphatic carbocycles. The summed E-state index contributed by atoms with van der Waals surface area (Å²) >= 11 is 13.8. The van der Waals surface area contributed by atoms with E-state index in [0.717, 1.165) is 29.6 Å². The lowest BCUT2D eigenvalue weighted by atomic mass is 10.1. The predicted molar refractivity (Wildman–Crippen MR) is 109 cm³/mol. The van der Waals surface area contributed by atoms with Crippen LogP contribution in [0.3, 0.4) is 0 Å². The lowest BCUT2D eigenvalue weighted by Gasteiger charge is -2.13. The van der Waals surface area contributed by atoms with E-state index in [2.05, 4.69) is 10.3 Å². The number of hydrogen-bond donors (Lipinski definition) is 1. The van der Waals surface area contributed by atoms with Crippen LogP contribution in [-0.2, 0) is 0 Å². The third-order valence-corrected chi connectivity index (χ3v) is 5.44. The summed E-state index contributed by atoms with van der Waals surface area (Å²) in [7, 11) is 0. The van der Waals surface area contributed by atoms with Gasteiger partial charge >= 0.3 is 0 Å². The Labute approximate surface area is 161 Å². The number of thioether (sulfide) groups is 1. The van der Waals surface area contributed by atoms with Crippen LogP contribution < -0.4 is 5.32 Å². The molecular formula is C19H16Cl2N2OS. The maximum Gasteiger partial charge on any atom is 0.185 e. The summed E-state index contributed by atoms with van der Waals surface area (Å²) in [4.78, 5) is 16.7. The van der Waals surface area contributed by atoms with Gasteiger partial charge in [0.2, 0.25) is 0 Å². The topological polar surface area (TPSA) is 41.5 Å². The van der Waals surface area contributed by atoms with E-state index in [1.165, 1.54) is 6.08 Å². The monoisotopic (exact) mass is 390 g/mol. The molecule has 0 unspecified atom stereocenters. The second-order valence-electron chi connectivity index (χ2n) is 5.43. The molecule has 3 nitrogen and oxygen atoms in total. The van der Waals surface area contributed by atoms with E-state index in [0.29, 0.717) is 21.2 Å². The van der Waals surface area contributed by atoms with Crippen LogP contribution in [0.15, 0.2) is 53.5 Å². The highest BCUT2D eigenvalue weighted by atomic mass is 35.5. The van der Waals surface area contributed by atoms with Crippen LogP contribution in [0.5, 0.6) is 0 Å². The number of benzene rings is 2. The van der Waals surface area contributed by atoms with Crippen LogP contribution in [-0.4, -0.2) is 23.2 Å². The molecule has 0 fully saturated rings. The standard InChI is InChI=1S/C19H16Cl2N2OS/c20-16-4-1-3-14(18(16)21)7-10-17(24)13-5-8-15(9-6-13)23-19-22-11-2-12-25-19/h1,3-10H,2,11-12H2,(H,22,23). The summed E-state index contributed by atoms with van der Waals surface area (Å²) in [5.41, 5.74) is 2.25. The number of carbonyl (C=O) groups is 1. The predicted octanol–water partition coefficient (Wildman–Crippen LogP) is 5.79. The average Bonchev–Trinajstić information content (AvgIpc) is 2.64. The fourth-order valence-electron chi connectivity index (χ4n) is 2.29. The van der Waals surface area contributed by atoms with Crippen molar-refractivity contribution in [3.8, 4) is 0 Å². The van der Waals surface area contributed by atoms with Gasteiger partial charge in [-0.05, 0) is 54.5 Å². The highest BCUT2D eigenvalue weighted by molar-refractivity contribution is 8.14. The van der Waals surface area contributed by atoms with Gasteiger partial charge in [0.1, 0.15) is 0 Å². The molecule has 3 rings (SSSR count). The minimum absolute atomic E-state index is 0.0908. The molecule has 0 radical (unpaired) electrons. The Morgan fingerprint density at radius 3 is 2.68 bits per heavy atom. The maximum atomic E-state index is 12.3. The molecule has 6 heteroatoms. The molecule has 1 aliphatic rings. The zero-order valence-electron chi connectivity index (χ0n) is 13.3. The third-order valence-electron chi connectivity index (χ3n) is 3.61. The minimum Gasteiger partial charge on any atom is -0.335 e. The van der Waals surface area contributed by atoms with Gasteiger partial charge in [0.05, 0.1) is 10.0 Å². The van der Waals surface area contributed by atoms with E-state index in [-0.39, 0.29) is 5.78 Å². The number of allylic oxidation sites excluding steroid dienone is 1. The van der Waals surface area contributed by atoms with Crippen molar-refractivity contribution < 1.29 is 4.79 Å². The van der Waals surface area contributed by atoms with E-state index in [1.807, 2.05) is 18.2 Å². The SMILES string of the molecule is O=C(C=Cc1cccc(Cl)c1Cl)c1ccc(NC2=NCCCS2)cc1. The van der Waals surface area contributed by atoms with E-state index < -0.39 is 0 Å². The first kappa shape index (κ1) is 18.1. The first-order valence-corrected chi connectivity index (χ1v) is 9.58. The summed E-state index contributed by atoms with van der Waals surface area (Å²) in [5.74, 6) is 0.992. The van der Waals surface area contributed by atoms with Crippen molar-refractivity contribution >= 4 is 57.7 Å². The molecule has 1 N–H and O–H groups in total. The Morgan fingerprint density at radius 2 is 1.96 bits per heavy atom. The van der Waals surface area contributed by atoms with Crippen molar-refractivity contribution in [3.63, 3.8) is 0 Å². The Morgan fingerprint density at radius 1 is 1.16 bits per heavy atom. The Kier molecular flexibility index (Phi) is 6.19. The van der Waals surface area contributed by atoms with Crippen molar-refractivity contribution in [1.82, 2.24) is 0 Å². The third kappa shape index (κ3) is 4.88. The van der Waals surface area contributed by atoms with Gasteiger partial charge < -0.3 is 5.32 Å². The van der Waals surface area contributed by atoms with Crippen molar-refractivity contribution in [2.24, 2.45) is 4.99 Å². The Balaban J connectivity index is 1.67. The largest absolute Gasteiger partial charge is 0.335 e. The van der Waals surface area contributed by atoms with Gasteiger partial charge in [-0.3, -0.25) is 9.79 Å². The number of hydrogen-bond acceptors (Lipinski definition) is 4. The molecule has 0 saturated heterocycles. The van der Waals surface area contributed by atoms with Crippen LogP contribution in [0.1, 0.15) is 22.3 Å². The van der Waals surface area contributed by atoms with E-state index in [4.69, 9.17) is 23.2 Å². The smallest absolute Gasteiger partial charge is 0.185 e. The number of nitrogens with zero attached hydrogens (tertiary/aromatic N) is 1. The van der Waals surface area contributed by atoms with Gasteiger partial charge in [0.25, 0.3) is 0 Å². The number of halogens is 2. The van der Waals surface area contributed by atoms with Gasteiger partial charge in [0, 0.05) is 23.5 Å². The Hall–Kier alpha value is -1.75. The van der Waals surface area contributed by atoms with Gasteiger partial charge in [-0.25, -0.2) is 0 Å². The minimum atomic E-state index is -0.0908. The number of ketones is 1. The molecule has 0 bridgehead atoms. The lowest BCUT2D eigenvalue weighted by molar-refractivity contribution is 0.104. The molecule has 2 aromatic rings. The second kappa shape index (κ2) is 8.56. The zero-order valence-corrected chi connectivity index (χ0v) is 15.7. The highest BCUT2D eigenvalue weighted by Crippen LogP contribution is 2.26. The van der Waals surface area contributed by atoms with Gasteiger partial charge in [0.15, 0.2) is 11.0 Å². The fraction of sp³-hybridized carbons (Fsp3) is 0.158. The number of carbonyl (C=O) groups excluding carboxylic acids is 1. The number of rotatable bonds is 4. The molecule has 0 atom stereocenters.